The summed E-state index contributed by atoms with van der Waals surface area (Å²) in [6, 6.07) is 7.26. The van der Waals surface area contributed by atoms with Crippen molar-refractivity contribution in [1.82, 2.24) is 14.3 Å². The van der Waals surface area contributed by atoms with Gasteiger partial charge in [0, 0.05) is 29.7 Å². The van der Waals surface area contributed by atoms with Crippen LogP contribution in [-0.2, 0) is 0 Å². The van der Waals surface area contributed by atoms with Gasteiger partial charge in [0.05, 0.1) is 5.69 Å². The third-order valence-electron chi connectivity index (χ3n) is 4.21. The van der Waals surface area contributed by atoms with Crippen molar-refractivity contribution < 1.29 is 4.79 Å². The quantitative estimate of drug-likeness (QED) is 0.705. The number of amides is 1. The van der Waals surface area contributed by atoms with Gasteiger partial charge < -0.3 is 4.90 Å². The highest BCUT2D eigenvalue weighted by atomic mass is 35.5. The van der Waals surface area contributed by atoms with E-state index in [0.717, 1.165) is 24.1 Å². The molecule has 0 unspecified atom stereocenters. The Bertz CT molecular complexity index is 972. The Kier molecular flexibility index (Phi) is 3.86. The third kappa shape index (κ3) is 2.52. The number of fused-ring (bicyclic) bond motifs is 1. The molecule has 0 spiro atoms. The summed E-state index contributed by atoms with van der Waals surface area (Å²) in [6.45, 7) is 1.41. The van der Waals surface area contributed by atoms with Crippen molar-refractivity contribution in [2.24, 2.45) is 0 Å². The minimum Gasteiger partial charge on any atom is -0.338 e. The van der Waals surface area contributed by atoms with Crippen LogP contribution in [0.1, 0.15) is 23.2 Å². The zero-order valence-electron chi connectivity index (χ0n) is 12.7. The van der Waals surface area contributed by atoms with E-state index < -0.39 is 0 Å². The number of thiazole rings is 1. The summed E-state index contributed by atoms with van der Waals surface area (Å²) >= 11 is 7.31. The second kappa shape index (κ2) is 6.03. The molecule has 0 atom stereocenters. The van der Waals surface area contributed by atoms with Gasteiger partial charge in [0.15, 0.2) is 4.96 Å². The molecule has 1 amide bonds. The maximum Gasteiger partial charge on any atom is 0.271 e. The Morgan fingerprint density at radius 1 is 1.17 bits per heavy atom. The number of benzene rings is 1. The van der Waals surface area contributed by atoms with Crippen LogP contribution in [0.5, 0.6) is 0 Å². The summed E-state index contributed by atoms with van der Waals surface area (Å²) < 4.78 is 1.51. The lowest BCUT2D eigenvalue weighted by atomic mass is 10.2. The number of carbonyl (C=O) groups excluding carboxylic acids is 1. The molecule has 1 aliphatic rings. The normalized spacial score (nSPS) is 14.5. The molecule has 0 aliphatic carbocycles. The van der Waals surface area contributed by atoms with Crippen molar-refractivity contribution in [3.63, 3.8) is 0 Å². The zero-order chi connectivity index (χ0) is 16.7. The van der Waals surface area contributed by atoms with E-state index in [9.17, 15) is 9.59 Å². The molecule has 1 fully saturated rings. The van der Waals surface area contributed by atoms with Gasteiger partial charge in [0.2, 0.25) is 0 Å². The fourth-order valence-electron chi connectivity index (χ4n) is 2.95. The first-order chi connectivity index (χ1) is 11.6. The van der Waals surface area contributed by atoms with Crippen LogP contribution in [0.25, 0.3) is 16.2 Å². The lowest BCUT2D eigenvalue weighted by molar-refractivity contribution is 0.0790. The topological polar surface area (TPSA) is 54.7 Å². The van der Waals surface area contributed by atoms with Gasteiger partial charge in [-0.05, 0) is 30.5 Å². The number of rotatable bonds is 2. The SMILES string of the molecule is O=C(c1cnc2scc(-c3ccc(Cl)cc3)n2c1=O)N1CCCC1. The summed E-state index contributed by atoms with van der Waals surface area (Å²) in [5, 5.41) is 2.51. The molecule has 0 N–H and O–H groups in total. The molecule has 0 bridgehead atoms. The third-order valence-corrected chi connectivity index (χ3v) is 5.30. The Hall–Kier alpha value is -2.18. The van der Waals surface area contributed by atoms with Crippen LogP contribution in [0, 0.1) is 0 Å². The molecule has 1 saturated heterocycles. The Balaban J connectivity index is 1.86. The molecule has 0 radical (unpaired) electrons. The maximum atomic E-state index is 12.9. The van der Waals surface area contributed by atoms with E-state index in [1.54, 1.807) is 17.0 Å². The fourth-order valence-corrected chi connectivity index (χ4v) is 3.94. The molecular weight excluding hydrogens is 346 g/mol. The van der Waals surface area contributed by atoms with Crippen LogP contribution >= 0.6 is 22.9 Å². The lowest BCUT2D eigenvalue weighted by Gasteiger charge is -2.14. The number of nitrogens with zero attached hydrogens (tertiary/aromatic N) is 3. The molecule has 2 aromatic heterocycles. The van der Waals surface area contributed by atoms with Crippen LogP contribution < -0.4 is 5.56 Å². The van der Waals surface area contributed by atoms with Gasteiger partial charge in [0.1, 0.15) is 5.56 Å². The smallest absolute Gasteiger partial charge is 0.271 e. The second-order valence-corrected chi connectivity index (χ2v) is 7.00. The molecule has 3 aromatic rings. The number of hydrogen-bond acceptors (Lipinski definition) is 4. The number of aromatic nitrogens is 2. The first-order valence-electron chi connectivity index (χ1n) is 7.69. The zero-order valence-corrected chi connectivity index (χ0v) is 14.3. The van der Waals surface area contributed by atoms with Crippen molar-refractivity contribution in [2.45, 2.75) is 12.8 Å². The highest BCUT2D eigenvalue weighted by Crippen LogP contribution is 2.25. The highest BCUT2D eigenvalue weighted by molar-refractivity contribution is 7.15. The fraction of sp³-hybridized carbons (Fsp3) is 0.235. The van der Waals surface area contributed by atoms with Crippen molar-refractivity contribution in [1.29, 1.82) is 0 Å². The van der Waals surface area contributed by atoms with Crippen molar-refractivity contribution in [3.8, 4) is 11.3 Å². The first kappa shape index (κ1) is 15.4. The minimum atomic E-state index is -0.317. The number of carbonyl (C=O) groups is 1. The molecule has 24 heavy (non-hydrogen) atoms. The maximum absolute atomic E-state index is 12.9. The Morgan fingerprint density at radius 3 is 2.58 bits per heavy atom. The van der Waals surface area contributed by atoms with E-state index in [1.165, 1.54) is 21.9 Å². The molecule has 7 heteroatoms. The van der Waals surface area contributed by atoms with Gasteiger partial charge in [-0.25, -0.2) is 4.98 Å². The molecule has 1 aromatic carbocycles. The lowest BCUT2D eigenvalue weighted by Crippen LogP contribution is -2.33. The molecule has 1 aliphatic heterocycles. The van der Waals surface area contributed by atoms with E-state index >= 15 is 0 Å². The van der Waals surface area contributed by atoms with E-state index in [0.29, 0.717) is 23.1 Å². The van der Waals surface area contributed by atoms with Crippen LogP contribution in [0.4, 0.5) is 0 Å². The van der Waals surface area contributed by atoms with Gasteiger partial charge in [-0.1, -0.05) is 23.7 Å². The first-order valence-corrected chi connectivity index (χ1v) is 8.95. The standard InChI is InChI=1S/C17H14ClN3O2S/c18-12-5-3-11(4-6-12)14-10-24-17-19-9-13(16(23)21(14)17)15(22)20-7-1-2-8-20/h3-6,9-10H,1-2,7-8H2. The molecule has 122 valence electrons. The number of hydrogen-bond donors (Lipinski definition) is 0. The van der Waals surface area contributed by atoms with Gasteiger partial charge in [-0.2, -0.15) is 0 Å². The largest absolute Gasteiger partial charge is 0.338 e. The predicted octanol–water partition coefficient (Wildman–Crippen LogP) is 3.31. The molecule has 4 rings (SSSR count). The van der Waals surface area contributed by atoms with E-state index in [4.69, 9.17) is 11.6 Å². The van der Waals surface area contributed by atoms with E-state index in [2.05, 4.69) is 4.98 Å². The van der Waals surface area contributed by atoms with Crippen LogP contribution in [0.3, 0.4) is 0 Å². The summed E-state index contributed by atoms with van der Waals surface area (Å²) in [5.74, 6) is -0.229. The van der Waals surface area contributed by atoms with Gasteiger partial charge in [0.25, 0.3) is 11.5 Å². The second-order valence-electron chi connectivity index (χ2n) is 5.72. The molecular formula is C17H14ClN3O2S. The highest BCUT2D eigenvalue weighted by Gasteiger charge is 2.24. The van der Waals surface area contributed by atoms with Crippen LogP contribution in [-0.4, -0.2) is 33.3 Å². The van der Waals surface area contributed by atoms with Gasteiger partial charge >= 0.3 is 0 Å². The molecule has 3 heterocycles. The predicted molar refractivity (Wildman–Crippen MR) is 94.9 cm³/mol. The average Bonchev–Trinajstić information content (AvgIpc) is 3.25. The van der Waals surface area contributed by atoms with Gasteiger partial charge in [-0.3, -0.25) is 14.0 Å². The van der Waals surface area contributed by atoms with Crippen molar-refractivity contribution in [2.75, 3.05) is 13.1 Å². The van der Waals surface area contributed by atoms with Gasteiger partial charge in [-0.15, -0.1) is 11.3 Å². The number of halogens is 1. The van der Waals surface area contributed by atoms with Crippen molar-refractivity contribution >= 4 is 33.8 Å². The average molecular weight is 360 g/mol. The Morgan fingerprint density at radius 2 is 1.88 bits per heavy atom. The summed E-state index contributed by atoms with van der Waals surface area (Å²) in [5.41, 5.74) is 1.40. The molecule has 5 nitrogen and oxygen atoms in total. The minimum absolute atomic E-state index is 0.128. The van der Waals surface area contributed by atoms with E-state index in [-0.39, 0.29) is 17.0 Å². The van der Waals surface area contributed by atoms with Crippen LogP contribution in [0.15, 0.2) is 40.6 Å². The summed E-state index contributed by atoms with van der Waals surface area (Å²) in [4.78, 5) is 32.1. The summed E-state index contributed by atoms with van der Waals surface area (Å²) in [7, 11) is 0. The van der Waals surface area contributed by atoms with E-state index in [1.807, 2.05) is 17.5 Å². The monoisotopic (exact) mass is 359 g/mol. The Labute approximate surface area is 147 Å². The van der Waals surface area contributed by atoms with Crippen molar-refractivity contribution in [3.05, 3.63) is 56.8 Å². The number of likely N-dealkylation sites (tertiary alicyclic amines) is 1. The van der Waals surface area contributed by atoms with Crippen LogP contribution in [0.2, 0.25) is 5.02 Å². The summed E-state index contributed by atoms with van der Waals surface area (Å²) in [6.07, 6.45) is 3.37. The molecule has 0 saturated carbocycles.